The Morgan fingerprint density at radius 3 is 2.64 bits per heavy atom. The number of halogens is 1. The first-order valence-corrected chi connectivity index (χ1v) is 3.63. The first-order valence-electron chi connectivity index (χ1n) is 3.63. The van der Waals surface area contributed by atoms with Gasteiger partial charge in [-0.25, -0.2) is 4.39 Å². The molecule has 0 aromatic heterocycles. The van der Waals surface area contributed by atoms with Crippen molar-refractivity contribution in [3.63, 3.8) is 0 Å². The van der Waals surface area contributed by atoms with Crippen molar-refractivity contribution in [2.45, 2.75) is 20.3 Å². The fourth-order valence-electron chi connectivity index (χ4n) is 1.09. The molecule has 1 nitrogen and oxygen atoms in total. The van der Waals surface area contributed by atoms with Crippen LogP contribution in [0, 0.1) is 12.7 Å². The molecule has 1 N–H and O–H groups in total. The molecule has 60 valence electrons. The zero-order valence-electron chi connectivity index (χ0n) is 6.69. The normalized spacial score (nSPS) is 10.1. The maximum Gasteiger partial charge on any atom is 0.167 e. The number of hydrogen-bond acceptors (Lipinski definition) is 1. The summed E-state index contributed by atoms with van der Waals surface area (Å²) in [6.45, 7) is 3.63. The Bertz CT molecular complexity index is 269. The average molecular weight is 154 g/mol. The molecule has 1 aromatic rings. The van der Waals surface area contributed by atoms with Gasteiger partial charge in [0.1, 0.15) is 0 Å². The minimum absolute atomic E-state index is 0.264. The van der Waals surface area contributed by atoms with Crippen LogP contribution in [0.15, 0.2) is 12.1 Å². The second-order valence-electron chi connectivity index (χ2n) is 2.54. The molecule has 0 atom stereocenters. The third-order valence-electron chi connectivity index (χ3n) is 1.86. The molecule has 0 saturated heterocycles. The second kappa shape index (κ2) is 2.91. The van der Waals surface area contributed by atoms with Gasteiger partial charge >= 0.3 is 0 Å². The number of phenols is 1. The van der Waals surface area contributed by atoms with E-state index in [1.165, 1.54) is 6.07 Å². The van der Waals surface area contributed by atoms with Gasteiger partial charge in [0.25, 0.3) is 0 Å². The highest BCUT2D eigenvalue weighted by Gasteiger charge is 2.06. The summed E-state index contributed by atoms with van der Waals surface area (Å²) in [5, 5.41) is 8.95. The Labute approximate surface area is 65.5 Å². The zero-order valence-corrected chi connectivity index (χ0v) is 6.69. The predicted molar refractivity (Wildman–Crippen MR) is 42.2 cm³/mol. The number of phenolic OH excluding ortho intramolecular Hbond substituents is 1. The van der Waals surface area contributed by atoms with E-state index in [0.29, 0.717) is 5.56 Å². The van der Waals surface area contributed by atoms with E-state index in [0.717, 1.165) is 12.0 Å². The Morgan fingerprint density at radius 2 is 2.09 bits per heavy atom. The predicted octanol–water partition coefficient (Wildman–Crippen LogP) is 2.40. The molecule has 0 bridgehead atoms. The largest absolute Gasteiger partial charge is 0.505 e. The summed E-state index contributed by atoms with van der Waals surface area (Å²) >= 11 is 0. The molecule has 0 heterocycles. The van der Waals surface area contributed by atoms with Crippen molar-refractivity contribution >= 4 is 0 Å². The average Bonchev–Trinajstić information content (AvgIpc) is 2.01. The van der Waals surface area contributed by atoms with Crippen molar-refractivity contribution in [3.8, 4) is 5.75 Å². The Balaban J connectivity index is 3.25. The van der Waals surface area contributed by atoms with Gasteiger partial charge in [0, 0.05) is 0 Å². The maximum absolute atomic E-state index is 12.9. The molecule has 0 aliphatic carbocycles. The maximum atomic E-state index is 12.9. The fourth-order valence-corrected chi connectivity index (χ4v) is 1.09. The molecule has 0 aliphatic rings. The van der Waals surface area contributed by atoms with Crippen LogP contribution in [0.4, 0.5) is 4.39 Å². The van der Waals surface area contributed by atoms with Crippen LogP contribution in [0.2, 0.25) is 0 Å². The van der Waals surface area contributed by atoms with Crippen LogP contribution in [0.5, 0.6) is 5.75 Å². The summed E-state index contributed by atoms with van der Waals surface area (Å²) in [7, 11) is 0. The number of aromatic hydroxyl groups is 1. The number of benzene rings is 1. The van der Waals surface area contributed by atoms with Gasteiger partial charge in [-0.1, -0.05) is 13.0 Å². The first-order chi connectivity index (χ1) is 5.16. The Morgan fingerprint density at radius 1 is 1.45 bits per heavy atom. The van der Waals surface area contributed by atoms with Gasteiger partial charge in [-0.2, -0.15) is 0 Å². The molecule has 1 aromatic carbocycles. The van der Waals surface area contributed by atoms with Gasteiger partial charge in [0.2, 0.25) is 0 Å². The molecule has 0 aliphatic heterocycles. The second-order valence-corrected chi connectivity index (χ2v) is 2.54. The lowest BCUT2D eigenvalue weighted by atomic mass is 10.1. The highest BCUT2D eigenvalue weighted by Crippen LogP contribution is 2.21. The van der Waals surface area contributed by atoms with Gasteiger partial charge in [-0.3, -0.25) is 0 Å². The summed E-state index contributed by atoms with van der Waals surface area (Å²) in [4.78, 5) is 0. The molecule has 0 fully saturated rings. The molecular weight excluding hydrogens is 143 g/mol. The first kappa shape index (κ1) is 8.05. The van der Waals surface area contributed by atoms with Crippen LogP contribution in [0.1, 0.15) is 18.1 Å². The lowest BCUT2D eigenvalue weighted by molar-refractivity contribution is 0.429. The molecule has 1 rings (SSSR count). The molecule has 11 heavy (non-hydrogen) atoms. The van der Waals surface area contributed by atoms with Crippen LogP contribution in [-0.4, -0.2) is 5.11 Å². The van der Waals surface area contributed by atoms with Crippen LogP contribution >= 0.6 is 0 Å². The molecular formula is C9H11FO. The molecule has 2 heteroatoms. The van der Waals surface area contributed by atoms with Crippen molar-refractivity contribution in [1.29, 1.82) is 0 Å². The lowest BCUT2D eigenvalue weighted by Gasteiger charge is -2.04. The van der Waals surface area contributed by atoms with Gasteiger partial charge in [-0.15, -0.1) is 0 Å². The topological polar surface area (TPSA) is 20.2 Å². The van der Waals surface area contributed by atoms with Crippen molar-refractivity contribution < 1.29 is 9.50 Å². The van der Waals surface area contributed by atoms with Crippen molar-refractivity contribution in [2.24, 2.45) is 0 Å². The summed E-state index contributed by atoms with van der Waals surface area (Å²) in [6, 6.07) is 3.13. The SMILES string of the molecule is CCc1ccc(O)c(F)c1C. The van der Waals surface area contributed by atoms with Crippen molar-refractivity contribution in [3.05, 3.63) is 29.1 Å². The van der Waals surface area contributed by atoms with Crippen molar-refractivity contribution in [2.75, 3.05) is 0 Å². The third kappa shape index (κ3) is 1.34. The molecule has 0 amide bonds. The third-order valence-corrected chi connectivity index (χ3v) is 1.86. The van der Waals surface area contributed by atoms with E-state index >= 15 is 0 Å². The van der Waals surface area contributed by atoms with Crippen LogP contribution in [0.3, 0.4) is 0 Å². The van der Waals surface area contributed by atoms with Crippen LogP contribution in [-0.2, 0) is 6.42 Å². The number of rotatable bonds is 1. The van der Waals surface area contributed by atoms with E-state index < -0.39 is 5.82 Å². The van der Waals surface area contributed by atoms with E-state index in [1.807, 2.05) is 6.92 Å². The standard InChI is InChI=1S/C9H11FO/c1-3-7-4-5-8(11)9(10)6(7)2/h4-5,11H,3H2,1-2H3. The molecule has 0 saturated carbocycles. The summed E-state index contributed by atoms with van der Waals surface area (Å²) in [6.07, 6.45) is 0.795. The van der Waals surface area contributed by atoms with E-state index in [2.05, 4.69) is 0 Å². The Kier molecular flexibility index (Phi) is 2.13. The highest BCUT2D eigenvalue weighted by molar-refractivity contribution is 5.35. The van der Waals surface area contributed by atoms with Crippen LogP contribution < -0.4 is 0 Å². The van der Waals surface area contributed by atoms with Gasteiger partial charge < -0.3 is 5.11 Å². The minimum atomic E-state index is -0.496. The fraction of sp³-hybridized carbons (Fsp3) is 0.333. The van der Waals surface area contributed by atoms with Crippen LogP contribution in [0.25, 0.3) is 0 Å². The summed E-state index contributed by atoms with van der Waals surface area (Å²) in [5.74, 6) is -0.760. The van der Waals surface area contributed by atoms with E-state index in [9.17, 15) is 4.39 Å². The molecule has 0 unspecified atom stereocenters. The van der Waals surface area contributed by atoms with E-state index in [1.54, 1.807) is 13.0 Å². The summed E-state index contributed by atoms with van der Waals surface area (Å²) < 4.78 is 12.9. The highest BCUT2D eigenvalue weighted by atomic mass is 19.1. The molecule has 0 radical (unpaired) electrons. The number of hydrogen-bond donors (Lipinski definition) is 1. The van der Waals surface area contributed by atoms with E-state index in [4.69, 9.17) is 5.11 Å². The smallest absolute Gasteiger partial charge is 0.167 e. The monoisotopic (exact) mass is 154 g/mol. The minimum Gasteiger partial charge on any atom is -0.505 e. The number of aryl methyl sites for hydroxylation is 1. The summed E-state index contributed by atoms with van der Waals surface area (Å²) in [5.41, 5.74) is 1.49. The quantitative estimate of drug-likeness (QED) is 0.658. The van der Waals surface area contributed by atoms with E-state index in [-0.39, 0.29) is 5.75 Å². The Hall–Kier alpha value is -1.05. The van der Waals surface area contributed by atoms with Gasteiger partial charge in [-0.05, 0) is 30.5 Å². The van der Waals surface area contributed by atoms with Gasteiger partial charge in [0.05, 0.1) is 0 Å². The van der Waals surface area contributed by atoms with Crippen molar-refractivity contribution in [1.82, 2.24) is 0 Å². The lowest BCUT2D eigenvalue weighted by Crippen LogP contribution is -1.90. The molecule has 0 spiro atoms. The zero-order chi connectivity index (χ0) is 8.43. The van der Waals surface area contributed by atoms with Gasteiger partial charge in [0.15, 0.2) is 11.6 Å².